The second kappa shape index (κ2) is 7.55. The Bertz CT molecular complexity index is 604. The molecule has 1 aliphatic rings. The Morgan fingerprint density at radius 2 is 1.74 bits per heavy atom. The highest BCUT2D eigenvalue weighted by Gasteiger charge is 2.32. The lowest BCUT2D eigenvalue weighted by atomic mass is 9.78. The van der Waals surface area contributed by atoms with Crippen LogP contribution < -0.4 is 19.9 Å². The number of nitrogens with one attached hydrogen (secondary N) is 1. The van der Waals surface area contributed by atoms with Crippen LogP contribution >= 0.6 is 11.6 Å². The number of hydrogen-bond donors (Lipinski definition) is 1. The van der Waals surface area contributed by atoms with Crippen molar-refractivity contribution in [2.75, 3.05) is 19.5 Å². The average molecular weight is 341 g/mol. The monoisotopic (exact) mass is 340 g/mol. The molecule has 0 radical (unpaired) electrons. The van der Waals surface area contributed by atoms with E-state index in [0.29, 0.717) is 35.1 Å². The van der Waals surface area contributed by atoms with Gasteiger partial charge in [0.15, 0.2) is 0 Å². The average Bonchev–Trinajstić information content (AvgIpc) is 2.55. The van der Waals surface area contributed by atoms with Crippen molar-refractivity contribution in [2.24, 2.45) is 11.8 Å². The first-order chi connectivity index (χ1) is 11.0. The molecule has 1 aliphatic carbocycles. The first-order valence-corrected chi connectivity index (χ1v) is 7.79. The van der Waals surface area contributed by atoms with Crippen molar-refractivity contribution < 1.29 is 24.2 Å². The van der Waals surface area contributed by atoms with E-state index < -0.39 is 17.8 Å². The number of aliphatic carboxylic acids is 1. The van der Waals surface area contributed by atoms with Crippen molar-refractivity contribution in [3.8, 4) is 11.5 Å². The molecule has 0 aromatic heterocycles. The Kier molecular flexibility index (Phi) is 5.71. The van der Waals surface area contributed by atoms with Gasteiger partial charge in [0.25, 0.3) is 0 Å². The largest absolute Gasteiger partial charge is 0.550 e. The van der Waals surface area contributed by atoms with Gasteiger partial charge >= 0.3 is 0 Å². The highest BCUT2D eigenvalue weighted by molar-refractivity contribution is 6.32. The Morgan fingerprint density at radius 3 is 2.30 bits per heavy atom. The molecule has 1 aromatic carbocycles. The van der Waals surface area contributed by atoms with Gasteiger partial charge in [0.1, 0.15) is 11.5 Å². The summed E-state index contributed by atoms with van der Waals surface area (Å²) in [5.74, 6) is -2.14. The summed E-state index contributed by atoms with van der Waals surface area (Å²) >= 11 is 6.03. The molecule has 2 unspecified atom stereocenters. The van der Waals surface area contributed by atoms with E-state index in [9.17, 15) is 14.7 Å². The van der Waals surface area contributed by atoms with Crippen LogP contribution in [0, 0.1) is 11.8 Å². The molecule has 1 amide bonds. The van der Waals surface area contributed by atoms with Gasteiger partial charge in [0, 0.05) is 29.9 Å². The molecule has 0 spiro atoms. The van der Waals surface area contributed by atoms with Crippen LogP contribution in [0.3, 0.4) is 0 Å². The third-order valence-electron chi connectivity index (χ3n) is 4.14. The Balaban J connectivity index is 2.23. The topological polar surface area (TPSA) is 87.7 Å². The molecule has 1 N–H and O–H groups in total. The molecule has 0 bridgehead atoms. The van der Waals surface area contributed by atoms with Gasteiger partial charge in [-0.25, -0.2) is 0 Å². The van der Waals surface area contributed by atoms with E-state index in [0.717, 1.165) is 12.8 Å². The smallest absolute Gasteiger partial charge is 0.228 e. The molecule has 2 atom stereocenters. The van der Waals surface area contributed by atoms with E-state index in [1.54, 1.807) is 6.07 Å². The van der Waals surface area contributed by atoms with Crippen molar-refractivity contribution in [1.82, 2.24) is 0 Å². The van der Waals surface area contributed by atoms with E-state index in [1.165, 1.54) is 20.3 Å². The minimum absolute atomic E-state index is 0.354. The van der Waals surface area contributed by atoms with Gasteiger partial charge in [-0.3, -0.25) is 4.79 Å². The second-order valence-electron chi connectivity index (χ2n) is 5.49. The number of carbonyl (C=O) groups is 2. The molecule has 2 rings (SSSR count). The fraction of sp³-hybridized carbons (Fsp3) is 0.500. The van der Waals surface area contributed by atoms with Crippen LogP contribution in [-0.2, 0) is 9.59 Å². The van der Waals surface area contributed by atoms with E-state index in [-0.39, 0.29) is 5.91 Å². The van der Waals surface area contributed by atoms with Crippen LogP contribution in [0.1, 0.15) is 25.7 Å². The normalized spacial score (nSPS) is 20.7. The number of amides is 1. The zero-order chi connectivity index (χ0) is 17.0. The highest BCUT2D eigenvalue weighted by atomic mass is 35.5. The van der Waals surface area contributed by atoms with E-state index in [2.05, 4.69) is 5.32 Å². The minimum atomic E-state index is -1.18. The van der Waals surface area contributed by atoms with Gasteiger partial charge in [0.05, 0.1) is 24.9 Å². The molecular formula is C16H19ClNO5-. The number of carboxylic acids is 1. The predicted octanol–water partition coefficient (Wildman–Crippen LogP) is 1.85. The molecule has 1 fully saturated rings. The molecule has 0 saturated heterocycles. The summed E-state index contributed by atoms with van der Waals surface area (Å²) in [7, 11) is 2.92. The number of halogens is 1. The maximum Gasteiger partial charge on any atom is 0.228 e. The molecular weight excluding hydrogens is 322 g/mol. The van der Waals surface area contributed by atoms with Crippen LogP contribution in [0.25, 0.3) is 0 Å². The lowest BCUT2D eigenvalue weighted by Gasteiger charge is -2.31. The van der Waals surface area contributed by atoms with Gasteiger partial charge in [-0.05, 0) is 12.8 Å². The van der Waals surface area contributed by atoms with Crippen molar-refractivity contribution >= 4 is 29.2 Å². The SMILES string of the molecule is COc1cc(NC(=O)C2CCCCC2C(=O)[O-])c(OC)cc1Cl. The lowest BCUT2D eigenvalue weighted by Crippen LogP contribution is -2.42. The number of rotatable bonds is 5. The number of benzene rings is 1. The van der Waals surface area contributed by atoms with Crippen LogP contribution in [0.2, 0.25) is 5.02 Å². The fourth-order valence-electron chi connectivity index (χ4n) is 2.91. The van der Waals surface area contributed by atoms with Gasteiger partial charge in [0.2, 0.25) is 5.91 Å². The maximum absolute atomic E-state index is 12.5. The first kappa shape index (κ1) is 17.4. The molecule has 0 aliphatic heterocycles. The molecule has 1 saturated carbocycles. The Labute approximate surface area is 139 Å². The quantitative estimate of drug-likeness (QED) is 0.883. The first-order valence-electron chi connectivity index (χ1n) is 7.41. The number of hydrogen-bond acceptors (Lipinski definition) is 5. The fourth-order valence-corrected chi connectivity index (χ4v) is 3.14. The van der Waals surface area contributed by atoms with Crippen LogP contribution in [0.4, 0.5) is 5.69 Å². The maximum atomic E-state index is 12.5. The number of carboxylic acid groups (broad SMARTS) is 1. The predicted molar refractivity (Wildman–Crippen MR) is 83.6 cm³/mol. The lowest BCUT2D eigenvalue weighted by molar-refractivity contribution is -0.313. The summed E-state index contributed by atoms with van der Waals surface area (Å²) in [6.07, 6.45) is 2.60. The number of methoxy groups -OCH3 is 2. The van der Waals surface area contributed by atoms with Gasteiger partial charge in [-0.2, -0.15) is 0 Å². The van der Waals surface area contributed by atoms with E-state index in [1.807, 2.05) is 0 Å². The van der Waals surface area contributed by atoms with Crippen molar-refractivity contribution in [1.29, 1.82) is 0 Å². The molecule has 0 heterocycles. The summed E-state index contributed by atoms with van der Waals surface area (Å²) in [5, 5.41) is 14.3. The van der Waals surface area contributed by atoms with Gasteiger partial charge < -0.3 is 24.7 Å². The molecule has 6 nitrogen and oxygen atoms in total. The van der Waals surface area contributed by atoms with Crippen LogP contribution in [0.5, 0.6) is 11.5 Å². The van der Waals surface area contributed by atoms with E-state index >= 15 is 0 Å². The van der Waals surface area contributed by atoms with E-state index in [4.69, 9.17) is 21.1 Å². The standard InChI is InChI=1S/C16H20ClNO5/c1-22-13-8-12(14(23-2)7-11(13)17)18-15(19)9-5-3-4-6-10(9)16(20)21/h7-10H,3-6H2,1-2H3,(H,18,19)(H,20,21)/p-1. The summed E-state index contributed by atoms with van der Waals surface area (Å²) in [5.41, 5.74) is 0.390. The number of carbonyl (C=O) groups excluding carboxylic acids is 2. The summed E-state index contributed by atoms with van der Waals surface area (Å²) in [6, 6.07) is 3.09. The zero-order valence-electron chi connectivity index (χ0n) is 13.1. The third-order valence-corrected chi connectivity index (χ3v) is 4.43. The van der Waals surface area contributed by atoms with Gasteiger partial charge in [-0.15, -0.1) is 0 Å². The van der Waals surface area contributed by atoms with Crippen molar-refractivity contribution in [2.45, 2.75) is 25.7 Å². The molecule has 1 aromatic rings. The highest BCUT2D eigenvalue weighted by Crippen LogP contribution is 2.37. The number of ether oxygens (including phenoxy) is 2. The van der Waals surface area contributed by atoms with Crippen LogP contribution in [-0.4, -0.2) is 26.1 Å². The van der Waals surface area contributed by atoms with Crippen LogP contribution in [0.15, 0.2) is 12.1 Å². The second-order valence-corrected chi connectivity index (χ2v) is 5.90. The van der Waals surface area contributed by atoms with Crippen molar-refractivity contribution in [3.63, 3.8) is 0 Å². The minimum Gasteiger partial charge on any atom is -0.550 e. The summed E-state index contributed by atoms with van der Waals surface area (Å²) in [6.45, 7) is 0. The Morgan fingerprint density at radius 1 is 1.13 bits per heavy atom. The van der Waals surface area contributed by atoms with Gasteiger partial charge in [-0.1, -0.05) is 24.4 Å². The van der Waals surface area contributed by atoms with Crippen molar-refractivity contribution in [3.05, 3.63) is 17.2 Å². The molecule has 126 valence electrons. The molecule has 7 heteroatoms. The Hall–Kier alpha value is -1.95. The zero-order valence-corrected chi connectivity index (χ0v) is 13.8. The molecule has 23 heavy (non-hydrogen) atoms. The third kappa shape index (κ3) is 3.88. The summed E-state index contributed by atoms with van der Waals surface area (Å²) in [4.78, 5) is 23.7. The number of anilines is 1. The summed E-state index contributed by atoms with van der Waals surface area (Å²) < 4.78 is 10.3.